The van der Waals surface area contributed by atoms with Crippen molar-refractivity contribution < 1.29 is 9.18 Å². The van der Waals surface area contributed by atoms with E-state index in [2.05, 4.69) is 15.5 Å². The normalized spacial score (nSPS) is 11.3. The number of carbonyl (C=O) groups excluding carboxylic acids is 1. The second kappa shape index (κ2) is 9.34. The van der Waals surface area contributed by atoms with E-state index in [1.54, 1.807) is 33.2 Å². The van der Waals surface area contributed by atoms with Gasteiger partial charge in [0.05, 0.1) is 22.3 Å². The summed E-state index contributed by atoms with van der Waals surface area (Å²) < 4.78 is 17.2. The number of aromatic nitrogens is 4. The molecule has 1 N–H and O–H groups in total. The maximum absolute atomic E-state index is 13.8. The van der Waals surface area contributed by atoms with Crippen LogP contribution in [-0.2, 0) is 11.3 Å². The molecule has 0 fully saturated rings. The molecule has 5 rings (SSSR count). The van der Waals surface area contributed by atoms with Crippen molar-refractivity contribution in [1.82, 2.24) is 24.5 Å². The Morgan fingerprint density at radius 3 is 2.46 bits per heavy atom. The molecule has 0 spiro atoms. The summed E-state index contributed by atoms with van der Waals surface area (Å²) in [6, 6.07) is 19.4. The van der Waals surface area contributed by atoms with E-state index in [0.29, 0.717) is 27.4 Å². The lowest BCUT2D eigenvalue weighted by Gasteiger charge is -2.15. The van der Waals surface area contributed by atoms with Gasteiger partial charge in [-0.2, -0.15) is 0 Å². The third-order valence-corrected chi connectivity index (χ3v) is 6.75. The maximum Gasteiger partial charge on any atom is 0.267 e. The molecule has 0 saturated heterocycles. The van der Waals surface area contributed by atoms with Gasteiger partial charge in [0.25, 0.3) is 5.56 Å². The predicted molar refractivity (Wildman–Crippen MR) is 135 cm³/mol. The fourth-order valence-corrected chi connectivity index (χ4v) is 4.92. The molecule has 0 radical (unpaired) electrons. The van der Waals surface area contributed by atoms with Gasteiger partial charge in [0.1, 0.15) is 5.82 Å². The van der Waals surface area contributed by atoms with E-state index in [9.17, 15) is 14.0 Å². The molecule has 7 nitrogen and oxygen atoms in total. The summed E-state index contributed by atoms with van der Waals surface area (Å²) in [5.74, 6) is -0.186. The predicted octanol–water partition coefficient (Wildman–Crippen LogP) is 4.20. The third kappa shape index (κ3) is 4.19. The molecule has 2 heterocycles. The topological polar surface area (TPSA) is 81.3 Å². The lowest BCUT2D eigenvalue weighted by molar-refractivity contribution is -0.118. The SMILES string of the molecule is Cc1cccc(C)c1-n1c(=O)c2ccccc2n2c(SCC(=O)NCc3ccccc3F)nnc12. The Morgan fingerprint density at radius 2 is 1.69 bits per heavy atom. The number of aryl methyl sites for hydroxylation is 2. The summed E-state index contributed by atoms with van der Waals surface area (Å²) in [4.78, 5) is 26.0. The van der Waals surface area contributed by atoms with Gasteiger partial charge in [0, 0.05) is 12.1 Å². The maximum atomic E-state index is 13.8. The van der Waals surface area contributed by atoms with Crippen LogP contribution in [-0.4, -0.2) is 30.8 Å². The van der Waals surface area contributed by atoms with Crippen LogP contribution >= 0.6 is 11.8 Å². The van der Waals surface area contributed by atoms with Gasteiger partial charge in [-0.3, -0.25) is 14.0 Å². The van der Waals surface area contributed by atoms with E-state index < -0.39 is 0 Å². The summed E-state index contributed by atoms with van der Waals surface area (Å²) in [6.45, 7) is 4.00. The van der Waals surface area contributed by atoms with Crippen LogP contribution in [0.4, 0.5) is 4.39 Å². The first-order valence-corrected chi connectivity index (χ1v) is 12.0. The Balaban J connectivity index is 1.52. The van der Waals surface area contributed by atoms with E-state index in [0.717, 1.165) is 16.8 Å². The molecule has 9 heteroatoms. The molecule has 3 aromatic carbocycles. The van der Waals surface area contributed by atoms with Gasteiger partial charge >= 0.3 is 0 Å². The van der Waals surface area contributed by atoms with Crippen molar-refractivity contribution >= 4 is 34.3 Å². The van der Waals surface area contributed by atoms with Gasteiger partial charge in [-0.05, 0) is 43.2 Å². The number of amides is 1. The van der Waals surface area contributed by atoms with Crippen molar-refractivity contribution in [2.75, 3.05) is 5.75 Å². The number of thioether (sulfide) groups is 1. The number of hydrogen-bond acceptors (Lipinski definition) is 5. The van der Waals surface area contributed by atoms with Gasteiger partial charge in [0.2, 0.25) is 11.7 Å². The second-order valence-corrected chi connectivity index (χ2v) is 9.12. The van der Waals surface area contributed by atoms with Gasteiger partial charge in [-0.15, -0.1) is 10.2 Å². The Bertz CT molecular complexity index is 1620. The van der Waals surface area contributed by atoms with Gasteiger partial charge in [-0.25, -0.2) is 8.96 Å². The van der Waals surface area contributed by atoms with E-state index in [1.165, 1.54) is 17.8 Å². The van der Waals surface area contributed by atoms with Crippen molar-refractivity contribution in [2.45, 2.75) is 25.5 Å². The Morgan fingerprint density at radius 1 is 0.971 bits per heavy atom. The van der Waals surface area contributed by atoms with Crippen LogP contribution in [0.1, 0.15) is 16.7 Å². The molecule has 0 aliphatic carbocycles. The van der Waals surface area contributed by atoms with Gasteiger partial charge in [0.15, 0.2) is 5.16 Å². The largest absolute Gasteiger partial charge is 0.351 e. The highest BCUT2D eigenvalue weighted by molar-refractivity contribution is 7.99. The van der Waals surface area contributed by atoms with Crippen molar-refractivity contribution in [2.24, 2.45) is 0 Å². The first kappa shape index (κ1) is 22.8. The number of benzene rings is 3. The summed E-state index contributed by atoms with van der Waals surface area (Å²) in [5, 5.41) is 12.4. The zero-order chi connectivity index (χ0) is 24.5. The number of fused-ring (bicyclic) bond motifs is 3. The third-order valence-electron chi connectivity index (χ3n) is 5.82. The summed E-state index contributed by atoms with van der Waals surface area (Å²) in [6.07, 6.45) is 0. The monoisotopic (exact) mass is 487 g/mol. The molecule has 1 amide bonds. The Hall–Kier alpha value is -3.98. The molecule has 0 aliphatic heterocycles. The number of nitrogens with zero attached hydrogens (tertiary/aromatic N) is 4. The highest BCUT2D eigenvalue weighted by Gasteiger charge is 2.20. The average molecular weight is 488 g/mol. The minimum atomic E-state index is -0.361. The number of carbonyl (C=O) groups is 1. The van der Waals surface area contributed by atoms with E-state index in [1.807, 2.05) is 50.2 Å². The van der Waals surface area contributed by atoms with Crippen LogP contribution < -0.4 is 10.9 Å². The quantitative estimate of drug-likeness (QED) is 0.363. The van der Waals surface area contributed by atoms with Crippen LogP contribution in [0.5, 0.6) is 0 Å². The number of nitrogens with one attached hydrogen (secondary N) is 1. The van der Waals surface area contributed by atoms with Crippen molar-refractivity contribution in [3.8, 4) is 5.69 Å². The molecule has 0 bridgehead atoms. The van der Waals surface area contributed by atoms with Crippen LogP contribution in [0.3, 0.4) is 0 Å². The van der Waals surface area contributed by atoms with Crippen LogP contribution in [0, 0.1) is 19.7 Å². The number of hydrogen-bond donors (Lipinski definition) is 1. The minimum absolute atomic E-state index is 0.0616. The van der Waals surface area contributed by atoms with Crippen LogP contribution in [0.2, 0.25) is 0 Å². The first-order valence-electron chi connectivity index (χ1n) is 11.0. The molecule has 2 aromatic heterocycles. The highest BCUT2D eigenvalue weighted by atomic mass is 32.2. The average Bonchev–Trinajstić information content (AvgIpc) is 3.28. The van der Waals surface area contributed by atoms with E-state index >= 15 is 0 Å². The molecule has 5 aromatic rings. The molecule has 0 saturated carbocycles. The lowest BCUT2D eigenvalue weighted by Crippen LogP contribution is -2.25. The van der Waals surface area contributed by atoms with Gasteiger partial charge in [-0.1, -0.05) is 60.3 Å². The zero-order valence-corrected chi connectivity index (χ0v) is 20.0. The molecule has 176 valence electrons. The highest BCUT2D eigenvalue weighted by Crippen LogP contribution is 2.25. The van der Waals surface area contributed by atoms with Crippen molar-refractivity contribution in [3.05, 3.63) is 99.6 Å². The smallest absolute Gasteiger partial charge is 0.267 e. The molecule has 0 aliphatic rings. The van der Waals surface area contributed by atoms with E-state index in [-0.39, 0.29) is 29.6 Å². The van der Waals surface area contributed by atoms with E-state index in [4.69, 9.17) is 0 Å². The summed E-state index contributed by atoms with van der Waals surface area (Å²) in [7, 11) is 0. The van der Waals surface area contributed by atoms with Crippen LogP contribution in [0.15, 0.2) is 76.7 Å². The Kier molecular flexibility index (Phi) is 6.08. The number of rotatable bonds is 6. The lowest BCUT2D eigenvalue weighted by atomic mass is 10.1. The number of para-hydroxylation sites is 2. The first-order chi connectivity index (χ1) is 17.0. The fourth-order valence-electron chi connectivity index (χ4n) is 4.15. The molecule has 0 atom stereocenters. The van der Waals surface area contributed by atoms with Crippen molar-refractivity contribution in [1.29, 1.82) is 0 Å². The minimum Gasteiger partial charge on any atom is -0.351 e. The molecule has 35 heavy (non-hydrogen) atoms. The molecular formula is C26H22FN5O2S. The zero-order valence-electron chi connectivity index (χ0n) is 19.2. The summed E-state index contributed by atoms with van der Waals surface area (Å²) in [5.41, 5.74) is 3.54. The Labute approximate surface area is 204 Å². The molecule has 0 unspecified atom stereocenters. The standard InChI is InChI=1S/C26H22FN5O2S/c1-16-8-7-9-17(2)23(16)32-24(34)19-11-4-6-13-21(19)31-25(32)29-30-26(31)35-15-22(33)28-14-18-10-3-5-12-20(18)27/h3-13H,14-15H2,1-2H3,(H,28,33). The van der Waals surface area contributed by atoms with Gasteiger partial charge < -0.3 is 5.32 Å². The van der Waals surface area contributed by atoms with Crippen molar-refractivity contribution in [3.63, 3.8) is 0 Å². The molecular weight excluding hydrogens is 465 g/mol. The fraction of sp³-hybridized carbons (Fsp3) is 0.154. The number of halogens is 1. The second-order valence-electron chi connectivity index (χ2n) is 8.17. The summed E-state index contributed by atoms with van der Waals surface area (Å²) >= 11 is 1.21. The van der Waals surface area contributed by atoms with Crippen LogP contribution in [0.25, 0.3) is 22.4 Å².